The Labute approximate surface area is 97.7 Å². The van der Waals surface area contributed by atoms with Gasteiger partial charge in [-0.3, -0.25) is 0 Å². The molecule has 1 N–H and O–H groups in total. The maximum atomic E-state index is 3.57. The summed E-state index contributed by atoms with van der Waals surface area (Å²) in [5.74, 6) is 0. The molecule has 1 rings (SSSR count). The van der Waals surface area contributed by atoms with E-state index in [0.29, 0.717) is 10.8 Å². The van der Waals surface area contributed by atoms with E-state index in [1.807, 2.05) is 11.8 Å². The predicted octanol–water partition coefficient (Wildman–Crippen LogP) is 3.48. The minimum atomic E-state index is 0.309. The first-order chi connectivity index (χ1) is 7.05. The number of thioether (sulfide) groups is 1. The van der Waals surface area contributed by atoms with Crippen molar-refractivity contribution < 1.29 is 0 Å². The third-order valence-corrected chi connectivity index (χ3v) is 3.94. The lowest BCUT2D eigenvalue weighted by Crippen LogP contribution is -2.33. The molecule has 1 unspecified atom stereocenters. The normalized spacial score (nSPS) is 13.9. The summed E-state index contributed by atoms with van der Waals surface area (Å²) in [5.41, 5.74) is 1.36. The van der Waals surface area contributed by atoms with Crippen LogP contribution in [0.25, 0.3) is 0 Å². The first-order valence-electron chi connectivity index (χ1n) is 5.38. The standard InChI is InChI=1S/C13H21NS/c1-11(12-8-6-5-7-9-12)14-10-13(2,3)15-4/h5-9,11,14H,10H2,1-4H3. The zero-order valence-corrected chi connectivity index (χ0v) is 10.9. The molecular formula is C13H21NS. The number of hydrogen-bond acceptors (Lipinski definition) is 2. The van der Waals surface area contributed by atoms with Crippen LogP contribution < -0.4 is 5.32 Å². The van der Waals surface area contributed by atoms with Crippen molar-refractivity contribution in [1.29, 1.82) is 0 Å². The van der Waals surface area contributed by atoms with Gasteiger partial charge in [0.25, 0.3) is 0 Å². The summed E-state index contributed by atoms with van der Waals surface area (Å²) in [6.07, 6.45) is 2.16. The number of benzene rings is 1. The van der Waals surface area contributed by atoms with Gasteiger partial charge in [-0.15, -0.1) is 0 Å². The molecule has 0 saturated carbocycles. The van der Waals surface area contributed by atoms with Crippen LogP contribution >= 0.6 is 11.8 Å². The molecule has 1 nitrogen and oxygen atoms in total. The zero-order chi connectivity index (χ0) is 11.3. The minimum absolute atomic E-state index is 0.309. The van der Waals surface area contributed by atoms with Crippen LogP contribution in [-0.4, -0.2) is 17.5 Å². The predicted molar refractivity (Wildman–Crippen MR) is 70.5 cm³/mol. The molecule has 0 heterocycles. The van der Waals surface area contributed by atoms with Gasteiger partial charge in [0, 0.05) is 17.3 Å². The molecule has 2 heteroatoms. The third-order valence-electron chi connectivity index (χ3n) is 2.69. The second kappa shape index (κ2) is 5.57. The zero-order valence-electron chi connectivity index (χ0n) is 10.1. The average molecular weight is 223 g/mol. The topological polar surface area (TPSA) is 12.0 Å². The lowest BCUT2D eigenvalue weighted by atomic mass is 10.1. The maximum Gasteiger partial charge on any atom is 0.0292 e. The maximum absolute atomic E-state index is 3.57. The molecule has 84 valence electrons. The molecule has 0 radical (unpaired) electrons. The Bertz CT molecular complexity index is 282. The van der Waals surface area contributed by atoms with Crippen LogP contribution in [0.15, 0.2) is 30.3 Å². The number of rotatable bonds is 5. The molecular weight excluding hydrogens is 202 g/mol. The van der Waals surface area contributed by atoms with E-state index in [4.69, 9.17) is 0 Å². The van der Waals surface area contributed by atoms with E-state index in [1.54, 1.807) is 0 Å². The van der Waals surface area contributed by atoms with Crippen LogP contribution in [0.3, 0.4) is 0 Å². The smallest absolute Gasteiger partial charge is 0.0292 e. The van der Waals surface area contributed by atoms with Crippen molar-refractivity contribution in [1.82, 2.24) is 5.32 Å². The largest absolute Gasteiger partial charge is 0.309 e. The molecule has 1 aromatic rings. The van der Waals surface area contributed by atoms with Crippen LogP contribution in [0.5, 0.6) is 0 Å². The molecule has 0 fully saturated rings. The third kappa shape index (κ3) is 4.27. The van der Waals surface area contributed by atoms with Crippen molar-refractivity contribution in [2.45, 2.75) is 31.6 Å². The Kier molecular flexibility index (Phi) is 4.68. The van der Waals surface area contributed by atoms with Gasteiger partial charge < -0.3 is 5.32 Å². The van der Waals surface area contributed by atoms with Crippen molar-refractivity contribution in [2.24, 2.45) is 0 Å². The Hall–Kier alpha value is -0.470. The highest BCUT2D eigenvalue weighted by atomic mass is 32.2. The fourth-order valence-electron chi connectivity index (χ4n) is 1.33. The van der Waals surface area contributed by atoms with Crippen molar-refractivity contribution in [2.75, 3.05) is 12.8 Å². The van der Waals surface area contributed by atoms with Crippen LogP contribution in [-0.2, 0) is 0 Å². The van der Waals surface area contributed by atoms with E-state index in [9.17, 15) is 0 Å². The number of nitrogens with one attached hydrogen (secondary N) is 1. The lowest BCUT2D eigenvalue weighted by Gasteiger charge is -2.25. The van der Waals surface area contributed by atoms with Gasteiger partial charge in [0.05, 0.1) is 0 Å². The Morgan fingerprint density at radius 3 is 2.40 bits per heavy atom. The summed E-state index contributed by atoms with van der Waals surface area (Å²) < 4.78 is 0.309. The molecule has 15 heavy (non-hydrogen) atoms. The van der Waals surface area contributed by atoms with Gasteiger partial charge in [0.1, 0.15) is 0 Å². The van der Waals surface area contributed by atoms with Gasteiger partial charge in [-0.2, -0.15) is 11.8 Å². The molecule has 0 bridgehead atoms. The van der Waals surface area contributed by atoms with Gasteiger partial charge in [0.2, 0.25) is 0 Å². The Morgan fingerprint density at radius 1 is 1.27 bits per heavy atom. The Balaban J connectivity index is 2.47. The molecule has 0 aliphatic heterocycles. The number of hydrogen-bond donors (Lipinski definition) is 1. The summed E-state index contributed by atoms with van der Waals surface area (Å²) in [6, 6.07) is 11.0. The van der Waals surface area contributed by atoms with Gasteiger partial charge >= 0.3 is 0 Å². The van der Waals surface area contributed by atoms with Gasteiger partial charge in [-0.1, -0.05) is 30.3 Å². The summed E-state index contributed by atoms with van der Waals surface area (Å²) in [6.45, 7) is 7.78. The monoisotopic (exact) mass is 223 g/mol. The van der Waals surface area contributed by atoms with Crippen LogP contribution in [0.2, 0.25) is 0 Å². The van der Waals surface area contributed by atoms with E-state index >= 15 is 0 Å². The summed E-state index contributed by atoms with van der Waals surface area (Å²) in [5, 5.41) is 3.57. The van der Waals surface area contributed by atoms with Crippen LogP contribution in [0, 0.1) is 0 Å². The van der Waals surface area contributed by atoms with E-state index < -0.39 is 0 Å². The van der Waals surface area contributed by atoms with E-state index in [1.165, 1.54) is 5.56 Å². The second-order valence-corrected chi connectivity index (χ2v) is 5.99. The summed E-state index contributed by atoms with van der Waals surface area (Å²) in [7, 11) is 0. The van der Waals surface area contributed by atoms with Crippen molar-refractivity contribution in [3.8, 4) is 0 Å². The van der Waals surface area contributed by atoms with Gasteiger partial charge in [0.15, 0.2) is 0 Å². The molecule has 0 saturated heterocycles. The van der Waals surface area contributed by atoms with Gasteiger partial charge in [-0.25, -0.2) is 0 Å². The molecule has 0 aliphatic rings. The van der Waals surface area contributed by atoms with Crippen molar-refractivity contribution in [3.63, 3.8) is 0 Å². The second-order valence-electron chi connectivity index (χ2n) is 4.48. The van der Waals surface area contributed by atoms with E-state index in [0.717, 1.165) is 6.54 Å². The molecule has 0 aliphatic carbocycles. The first-order valence-corrected chi connectivity index (χ1v) is 6.61. The SMILES string of the molecule is CSC(C)(C)CNC(C)c1ccccc1. The van der Waals surface area contributed by atoms with E-state index in [-0.39, 0.29) is 0 Å². The highest BCUT2D eigenvalue weighted by Gasteiger charge is 2.16. The van der Waals surface area contributed by atoms with Crippen LogP contribution in [0.1, 0.15) is 32.4 Å². The highest BCUT2D eigenvalue weighted by Crippen LogP contribution is 2.21. The first kappa shape index (κ1) is 12.6. The molecule has 0 amide bonds. The molecule has 1 aromatic carbocycles. The quantitative estimate of drug-likeness (QED) is 0.820. The summed E-state index contributed by atoms with van der Waals surface area (Å²) >= 11 is 1.90. The van der Waals surface area contributed by atoms with E-state index in [2.05, 4.69) is 62.7 Å². The Morgan fingerprint density at radius 2 is 1.87 bits per heavy atom. The average Bonchev–Trinajstić information content (AvgIpc) is 2.27. The van der Waals surface area contributed by atoms with Crippen LogP contribution in [0.4, 0.5) is 0 Å². The lowest BCUT2D eigenvalue weighted by molar-refractivity contribution is 0.522. The minimum Gasteiger partial charge on any atom is -0.309 e. The molecule has 0 aromatic heterocycles. The fourth-order valence-corrected chi connectivity index (χ4v) is 1.56. The van der Waals surface area contributed by atoms with Crippen molar-refractivity contribution in [3.05, 3.63) is 35.9 Å². The molecule has 0 spiro atoms. The fraction of sp³-hybridized carbons (Fsp3) is 0.538. The van der Waals surface area contributed by atoms with Crippen molar-refractivity contribution >= 4 is 11.8 Å². The summed E-state index contributed by atoms with van der Waals surface area (Å²) in [4.78, 5) is 0. The van der Waals surface area contributed by atoms with Gasteiger partial charge in [-0.05, 0) is 32.6 Å². The highest BCUT2D eigenvalue weighted by molar-refractivity contribution is 7.99. The molecule has 1 atom stereocenters.